The third kappa shape index (κ3) is 3.97. The second-order valence-corrected chi connectivity index (χ2v) is 5.89. The van der Waals surface area contributed by atoms with E-state index in [9.17, 15) is 0 Å². The van der Waals surface area contributed by atoms with Crippen molar-refractivity contribution in [1.29, 1.82) is 0 Å². The molecule has 20 heavy (non-hydrogen) atoms. The third-order valence-electron chi connectivity index (χ3n) is 4.24. The molecule has 0 fully saturated rings. The van der Waals surface area contributed by atoms with Crippen LogP contribution in [0.25, 0.3) is 0 Å². The van der Waals surface area contributed by atoms with Crippen molar-refractivity contribution < 1.29 is 9.84 Å². The molecule has 0 amide bonds. The first kappa shape index (κ1) is 15.3. The van der Waals surface area contributed by atoms with Crippen molar-refractivity contribution in [3.8, 4) is 5.75 Å². The van der Waals surface area contributed by atoms with Gasteiger partial charge in [-0.15, -0.1) is 0 Å². The molecule has 3 nitrogen and oxygen atoms in total. The van der Waals surface area contributed by atoms with Crippen molar-refractivity contribution >= 4 is 0 Å². The molecule has 1 aromatic carbocycles. The fourth-order valence-corrected chi connectivity index (χ4v) is 2.95. The molecule has 1 aromatic rings. The van der Waals surface area contributed by atoms with Crippen LogP contribution < -0.4 is 10.1 Å². The van der Waals surface area contributed by atoms with E-state index in [4.69, 9.17) is 9.84 Å². The molecule has 3 heteroatoms. The SMILES string of the molecule is COc1ccc2c(c1)CCCC2NCCCC(C)CO. The van der Waals surface area contributed by atoms with E-state index >= 15 is 0 Å². The van der Waals surface area contributed by atoms with Gasteiger partial charge in [0.1, 0.15) is 5.75 Å². The standard InChI is InChI=1S/C17H27NO2/c1-13(12-19)5-4-10-18-17-7-3-6-14-11-15(20-2)8-9-16(14)17/h8-9,11,13,17-19H,3-7,10,12H2,1-2H3. The Balaban J connectivity index is 1.88. The normalized spacial score (nSPS) is 19.4. The molecule has 112 valence electrons. The van der Waals surface area contributed by atoms with Gasteiger partial charge < -0.3 is 15.2 Å². The highest BCUT2D eigenvalue weighted by atomic mass is 16.5. The average Bonchev–Trinajstić information content (AvgIpc) is 2.50. The number of methoxy groups -OCH3 is 1. The molecular weight excluding hydrogens is 250 g/mol. The number of aliphatic hydroxyl groups excluding tert-OH is 1. The fraction of sp³-hybridized carbons (Fsp3) is 0.647. The number of ether oxygens (including phenoxy) is 1. The number of nitrogens with one attached hydrogen (secondary N) is 1. The number of aliphatic hydroxyl groups is 1. The monoisotopic (exact) mass is 277 g/mol. The molecule has 2 atom stereocenters. The first-order chi connectivity index (χ1) is 9.74. The summed E-state index contributed by atoms with van der Waals surface area (Å²) < 4.78 is 5.31. The van der Waals surface area contributed by atoms with Crippen LogP contribution in [-0.2, 0) is 6.42 Å². The number of hydrogen-bond donors (Lipinski definition) is 2. The van der Waals surface area contributed by atoms with Crippen LogP contribution in [-0.4, -0.2) is 25.4 Å². The second-order valence-electron chi connectivity index (χ2n) is 5.89. The van der Waals surface area contributed by atoms with Gasteiger partial charge in [-0.3, -0.25) is 0 Å². The van der Waals surface area contributed by atoms with E-state index in [1.807, 2.05) is 0 Å². The zero-order valence-electron chi connectivity index (χ0n) is 12.7. The summed E-state index contributed by atoms with van der Waals surface area (Å²) in [5.74, 6) is 1.38. The van der Waals surface area contributed by atoms with Gasteiger partial charge in [-0.05, 0) is 67.8 Å². The molecule has 0 saturated heterocycles. The molecule has 1 aliphatic rings. The van der Waals surface area contributed by atoms with E-state index in [1.165, 1.54) is 24.0 Å². The van der Waals surface area contributed by atoms with Crippen LogP contribution >= 0.6 is 0 Å². The predicted molar refractivity (Wildman–Crippen MR) is 82.2 cm³/mol. The average molecular weight is 277 g/mol. The summed E-state index contributed by atoms with van der Waals surface area (Å²) in [4.78, 5) is 0. The van der Waals surface area contributed by atoms with Gasteiger partial charge in [0.05, 0.1) is 7.11 Å². The Hall–Kier alpha value is -1.06. The van der Waals surface area contributed by atoms with Crippen LogP contribution in [0, 0.1) is 5.92 Å². The zero-order chi connectivity index (χ0) is 14.4. The van der Waals surface area contributed by atoms with Crippen molar-refractivity contribution in [2.45, 2.75) is 45.1 Å². The minimum atomic E-state index is 0.298. The van der Waals surface area contributed by atoms with Gasteiger partial charge in [0.25, 0.3) is 0 Å². The molecule has 2 N–H and O–H groups in total. The van der Waals surface area contributed by atoms with Crippen molar-refractivity contribution in [2.24, 2.45) is 5.92 Å². The van der Waals surface area contributed by atoms with Gasteiger partial charge in [-0.25, -0.2) is 0 Å². The van der Waals surface area contributed by atoms with Crippen molar-refractivity contribution in [3.63, 3.8) is 0 Å². The molecule has 0 saturated carbocycles. The van der Waals surface area contributed by atoms with E-state index in [2.05, 4.69) is 30.4 Å². The number of fused-ring (bicyclic) bond motifs is 1. The zero-order valence-corrected chi connectivity index (χ0v) is 12.7. The first-order valence-electron chi connectivity index (χ1n) is 7.75. The van der Waals surface area contributed by atoms with E-state index in [0.29, 0.717) is 18.6 Å². The molecular formula is C17H27NO2. The predicted octanol–water partition coefficient (Wildman–Crippen LogP) is 3.07. The highest BCUT2D eigenvalue weighted by Gasteiger charge is 2.19. The third-order valence-corrected chi connectivity index (χ3v) is 4.24. The Morgan fingerprint density at radius 2 is 2.30 bits per heavy atom. The minimum Gasteiger partial charge on any atom is -0.497 e. The van der Waals surface area contributed by atoms with Gasteiger partial charge in [0.15, 0.2) is 0 Å². The summed E-state index contributed by atoms with van der Waals surface area (Å²) in [6.07, 6.45) is 5.83. The second kappa shape index (κ2) is 7.65. The van der Waals surface area contributed by atoms with E-state index in [-0.39, 0.29) is 0 Å². The topological polar surface area (TPSA) is 41.5 Å². The van der Waals surface area contributed by atoms with Gasteiger partial charge >= 0.3 is 0 Å². The van der Waals surface area contributed by atoms with Gasteiger partial charge in [-0.2, -0.15) is 0 Å². The Labute approximate surface area is 122 Å². The summed E-state index contributed by atoms with van der Waals surface area (Å²) >= 11 is 0. The smallest absolute Gasteiger partial charge is 0.119 e. The molecule has 0 aromatic heterocycles. The van der Waals surface area contributed by atoms with Gasteiger partial charge in [-0.1, -0.05) is 13.0 Å². The quantitative estimate of drug-likeness (QED) is 0.753. The first-order valence-corrected chi connectivity index (χ1v) is 7.75. The highest BCUT2D eigenvalue weighted by molar-refractivity contribution is 5.39. The number of benzene rings is 1. The van der Waals surface area contributed by atoms with Crippen LogP contribution in [0.4, 0.5) is 0 Å². The van der Waals surface area contributed by atoms with E-state index in [1.54, 1.807) is 7.11 Å². The number of hydrogen-bond acceptors (Lipinski definition) is 3. The van der Waals surface area contributed by atoms with Crippen LogP contribution in [0.3, 0.4) is 0 Å². The molecule has 2 unspecified atom stereocenters. The summed E-state index contributed by atoms with van der Waals surface area (Å²) in [6.45, 7) is 3.43. The Kier molecular flexibility index (Phi) is 5.86. The van der Waals surface area contributed by atoms with Crippen molar-refractivity contribution in [2.75, 3.05) is 20.3 Å². The molecule has 0 bridgehead atoms. The molecule has 1 aliphatic carbocycles. The van der Waals surface area contributed by atoms with Crippen molar-refractivity contribution in [1.82, 2.24) is 5.32 Å². The lowest BCUT2D eigenvalue weighted by Gasteiger charge is -2.27. The van der Waals surface area contributed by atoms with Crippen LogP contribution in [0.2, 0.25) is 0 Å². The number of aryl methyl sites for hydroxylation is 1. The Bertz CT molecular complexity index is 419. The van der Waals surface area contributed by atoms with Gasteiger partial charge in [0.2, 0.25) is 0 Å². The summed E-state index contributed by atoms with van der Waals surface area (Å²) in [5.41, 5.74) is 2.86. The van der Waals surface area contributed by atoms with E-state index < -0.39 is 0 Å². The highest BCUT2D eigenvalue weighted by Crippen LogP contribution is 2.32. The maximum atomic E-state index is 9.03. The van der Waals surface area contributed by atoms with Crippen LogP contribution in [0.5, 0.6) is 5.75 Å². The lowest BCUT2D eigenvalue weighted by molar-refractivity contribution is 0.227. The Morgan fingerprint density at radius 1 is 1.45 bits per heavy atom. The Morgan fingerprint density at radius 3 is 3.05 bits per heavy atom. The minimum absolute atomic E-state index is 0.298. The lowest BCUT2D eigenvalue weighted by Crippen LogP contribution is -2.26. The van der Waals surface area contributed by atoms with E-state index in [0.717, 1.165) is 31.6 Å². The fourth-order valence-electron chi connectivity index (χ4n) is 2.95. The maximum absolute atomic E-state index is 9.03. The maximum Gasteiger partial charge on any atom is 0.119 e. The molecule has 0 heterocycles. The summed E-state index contributed by atoms with van der Waals surface area (Å²) in [7, 11) is 1.72. The van der Waals surface area contributed by atoms with Crippen LogP contribution in [0.15, 0.2) is 18.2 Å². The largest absolute Gasteiger partial charge is 0.497 e. The van der Waals surface area contributed by atoms with Crippen molar-refractivity contribution in [3.05, 3.63) is 29.3 Å². The number of rotatable bonds is 7. The molecule has 0 aliphatic heterocycles. The van der Waals surface area contributed by atoms with Crippen LogP contribution in [0.1, 0.15) is 49.8 Å². The summed E-state index contributed by atoms with van der Waals surface area (Å²) in [6, 6.07) is 6.93. The molecule has 0 radical (unpaired) electrons. The molecule has 2 rings (SSSR count). The summed E-state index contributed by atoms with van der Waals surface area (Å²) in [5, 5.41) is 12.7. The lowest BCUT2D eigenvalue weighted by atomic mass is 9.87. The van der Waals surface area contributed by atoms with Gasteiger partial charge in [0, 0.05) is 12.6 Å². The molecule has 0 spiro atoms.